The van der Waals surface area contributed by atoms with Gasteiger partial charge < -0.3 is 4.74 Å². The molecular weight excluding hydrogens is 445 g/mol. The Balaban J connectivity index is 1.30. The maximum absolute atomic E-state index is 14.5. The molecular formula is C25H23F3N4O2. The normalized spacial score (nSPS) is 15.1. The van der Waals surface area contributed by atoms with E-state index < -0.39 is 23.5 Å². The second-order valence-corrected chi connectivity index (χ2v) is 8.08. The molecule has 1 aromatic heterocycles. The van der Waals surface area contributed by atoms with Crippen LogP contribution in [0, 0.1) is 17.5 Å². The Morgan fingerprint density at radius 1 is 1.12 bits per heavy atom. The Kier molecular flexibility index (Phi) is 6.81. The summed E-state index contributed by atoms with van der Waals surface area (Å²) >= 11 is 0. The highest BCUT2D eigenvalue weighted by atomic mass is 19.1. The van der Waals surface area contributed by atoms with Crippen molar-refractivity contribution in [1.82, 2.24) is 14.8 Å². The highest BCUT2D eigenvalue weighted by Gasteiger charge is 2.28. The van der Waals surface area contributed by atoms with Crippen molar-refractivity contribution in [3.05, 3.63) is 84.0 Å². The van der Waals surface area contributed by atoms with Gasteiger partial charge in [0.05, 0.1) is 12.2 Å². The zero-order valence-corrected chi connectivity index (χ0v) is 18.5. The van der Waals surface area contributed by atoms with Crippen LogP contribution in [0.1, 0.15) is 30.9 Å². The molecule has 1 amide bonds. The van der Waals surface area contributed by atoms with Crippen LogP contribution in [0.15, 0.2) is 66.0 Å². The zero-order chi connectivity index (χ0) is 24.2. The fourth-order valence-corrected chi connectivity index (χ4v) is 3.72. The molecule has 34 heavy (non-hydrogen) atoms. The number of aromatic nitrogens is 2. The molecule has 0 N–H and O–H groups in total. The Hall–Kier alpha value is -3.88. The standard InChI is InChI=1S/C25H23F3N4O2/c1-16(15-34-24-5-4-17(11-22(24)28)19-13-30-31(2)14-19)3-6-25(33)32-23(7-8-29-32)18-9-20(26)12-21(27)10-18/h4-5,8-14,23H,1,3,6-7,15H2,2H3. The van der Waals surface area contributed by atoms with Crippen molar-refractivity contribution >= 4 is 12.1 Å². The third-order valence-electron chi connectivity index (χ3n) is 5.45. The number of nitrogens with zero attached hydrogens (tertiary/aromatic N) is 4. The first-order valence-electron chi connectivity index (χ1n) is 10.7. The largest absolute Gasteiger partial charge is 0.486 e. The summed E-state index contributed by atoms with van der Waals surface area (Å²) in [7, 11) is 1.78. The van der Waals surface area contributed by atoms with E-state index in [1.807, 2.05) is 0 Å². The van der Waals surface area contributed by atoms with E-state index in [1.54, 1.807) is 36.4 Å². The Labute approximate surface area is 195 Å². The van der Waals surface area contributed by atoms with E-state index in [2.05, 4.69) is 16.8 Å². The molecule has 1 aliphatic rings. The van der Waals surface area contributed by atoms with Crippen molar-refractivity contribution in [2.75, 3.05) is 6.61 Å². The van der Waals surface area contributed by atoms with Gasteiger partial charge in [0.15, 0.2) is 11.6 Å². The van der Waals surface area contributed by atoms with Crippen molar-refractivity contribution in [2.45, 2.75) is 25.3 Å². The molecule has 2 aromatic carbocycles. The van der Waals surface area contributed by atoms with Crippen LogP contribution in [0.5, 0.6) is 5.75 Å². The van der Waals surface area contributed by atoms with Gasteiger partial charge in [-0.25, -0.2) is 18.2 Å². The first kappa shape index (κ1) is 23.3. The number of ether oxygens (including phenoxy) is 1. The minimum atomic E-state index is -0.708. The number of hydrogen-bond donors (Lipinski definition) is 0. The fourth-order valence-electron chi connectivity index (χ4n) is 3.72. The Morgan fingerprint density at radius 2 is 1.88 bits per heavy atom. The monoisotopic (exact) mass is 468 g/mol. The van der Waals surface area contributed by atoms with Crippen molar-refractivity contribution in [3.63, 3.8) is 0 Å². The minimum Gasteiger partial charge on any atom is -0.486 e. The topological polar surface area (TPSA) is 59.7 Å². The van der Waals surface area contributed by atoms with Gasteiger partial charge in [0.25, 0.3) is 0 Å². The molecule has 1 unspecified atom stereocenters. The Morgan fingerprint density at radius 3 is 2.56 bits per heavy atom. The summed E-state index contributed by atoms with van der Waals surface area (Å²) in [5.41, 5.74) is 2.41. The summed E-state index contributed by atoms with van der Waals surface area (Å²) in [6.07, 6.45) is 5.72. The molecule has 1 atom stereocenters. The van der Waals surface area contributed by atoms with Crippen LogP contribution >= 0.6 is 0 Å². The number of halogens is 3. The highest BCUT2D eigenvalue weighted by molar-refractivity contribution is 5.80. The summed E-state index contributed by atoms with van der Waals surface area (Å²) in [6.45, 7) is 3.94. The lowest BCUT2D eigenvalue weighted by atomic mass is 10.0. The number of hydrogen-bond acceptors (Lipinski definition) is 4. The van der Waals surface area contributed by atoms with Gasteiger partial charge in [0, 0.05) is 43.9 Å². The van der Waals surface area contributed by atoms with Gasteiger partial charge in [-0.15, -0.1) is 0 Å². The van der Waals surface area contributed by atoms with E-state index in [0.29, 0.717) is 29.5 Å². The van der Waals surface area contributed by atoms with Crippen LogP contribution in [-0.4, -0.2) is 33.5 Å². The summed E-state index contributed by atoms with van der Waals surface area (Å²) in [6, 6.07) is 7.27. The number of rotatable bonds is 8. The molecule has 4 rings (SSSR count). The van der Waals surface area contributed by atoms with Crippen molar-refractivity contribution in [3.8, 4) is 16.9 Å². The summed E-state index contributed by atoms with van der Waals surface area (Å²) in [4.78, 5) is 12.7. The van der Waals surface area contributed by atoms with Crippen molar-refractivity contribution in [2.24, 2.45) is 12.1 Å². The smallest absolute Gasteiger partial charge is 0.243 e. The van der Waals surface area contributed by atoms with Crippen LogP contribution in [0.25, 0.3) is 11.1 Å². The molecule has 0 fully saturated rings. The maximum Gasteiger partial charge on any atom is 0.243 e. The lowest BCUT2D eigenvalue weighted by molar-refractivity contribution is -0.133. The van der Waals surface area contributed by atoms with Gasteiger partial charge in [-0.05, 0) is 47.4 Å². The van der Waals surface area contributed by atoms with E-state index >= 15 is 0 Å². The molecule has 1 aliphatic heterocycles. The van der Waals surface area contributed by atoms with Crippen molar-refractivity contribution < 1.29 is 22.7 Å². The second kappa shape index (κ2) is 9.94. The molecule has 0 saturated carbocycles. The second-order valence-electron chi connectivity index (χ2n) is 8.08. The van der Waals surface area contributed by atoms with Crippen LogP contribution < -0.4 is 4.74 Å². The first-order valence-corrected chi connectivity index (χ1v) is 10.7. The van der Waals surface area contributed by atoms with Gasteiger partial charge in [-0.1, -0.05) is 12.6 Å². The average Bonchev–Trinajstić information content (AvgIpc) is 3.45. The van der Waals surface area contributed by atoms with Gasteiger partial charge in [0.1, 0.15) is 18.2 Å². The van der Waals surface area contributed by atoms with Crippen LogP contribution in [0.3, 0.4) is 0 Å². The predicted octanol–water partition coefficient (Wildman–Crippen LogP) is 5.18. The van der Waals surface area contributed by atoms with E-state index in [0.717, 1.165) is 11.6 Å². The lowest BCUT2D eigenvalue weighted by Gasteiger charge is -2.22. The van der Waals surface area contributed by atoms with Crippen LogP contribution in [0.2, 0.25) is 0 Å². The average molecular weight is 468 g/mol. The number of aryl methyl sites for hydroxylation is 1. The van der Waals surface area contributed by atoms with Gasteiger partial charge >= 0.3 is 0 Å². The fraction of sp³-hybridized carbons (Fsp3) is 0.240. The summed E-state index contributed by atoms with van der Waals surface area (Å²) in [5, 5.41) is 9.38. The SMILES string of the molecule is C=C(CCC(=O)N1N=CCC1c1cc(F)cc(F)c1)COc1ccc(-c2cnn(C)c2)cc1F. The minimum absolute atomic E-state index is 0.0399. The van der Waals surface area contributed by atoms with E-state index in [1.165, 1.54) is 29.3 Å². The van der Waals surface area contributed by atoms with Gasteiger partial charge in [-0.2, -0.15) is 10.2 Å². The molecule has 0 aliphatic carbocycles. The van der Waals surface area contributed by atoms with E-state index in [-0.39, 0.29) is 24.7 Å². The van der Waals surface area contributed by atoms with Crippen LogP contribution in [-0.2, 0) is 11.8 Å². The lowest BCUT2D eigenvalue weighted by Crippen LogP contribution is -2.27. The molecule has 176 valence electrons. The molecule has 2 heterocycles. The van der Waals surface area contributed by atoms with Crippen molar-refractivity contribution in [1.29, 1.82) is 0 Å². The van der Waals surface area contributed by atoms with E-state index in [9.17, 15) is 18.0 Å². The highest BCUT2D eigenvalue weighted by Crippen LogP contribution is 2.30. The quantitative estimate of drug-likeness (QED) is 0.428. The van der Waals surface area contributed by atoms with Gasteiger partial charge in [0.2, 0.25) is 5.91 Å². The zero-order valence-electron chi connectivity index (χ0n) is 18.5. The summed E-state index contributed by atoms with van der Waals surface area (Å²) < 4.78 is 48.8. The van der Waals surface area contributed by atoms with Crippen LogP contribution in [0.4, 0.5) is 13.2 Å². The third-order valence-corrected chi connectivity index (χ3v) is 5.45. The first-order chi connectivity index (χ1) is 16.3. The molecule has 3 aromatic rings. The number of amides is 1. The van der Waals surface area contributed by atoms with Gasteiger partial charge in [-0.3, -0.25) is 9.48 Å². The number of benzene rings is 2. The molecule has 6 nitrogen and oxygen atoms in total. The molecule has 0 saturated heterocycles. The number of carbonyl (C=O) groups is 1. The maximum atomic E-state index is 14.5. The predicted molar refractivity (Wildman–Crippen MR) is 122 cm³/mol. The summed E-state index contributed by atoms with van der Waals surface area (Å²) in [5.74, 6) is -2.16. The molecule has 0 spiro atoms. The number of carbonyl (C=O) groups excluding carboxylic acids is 1. The third kappa shape index (κ3) is 5.36. The Bertz CT molecular complexity index is 1230. The molecule has 0 radical (unpaired) electrons. The molecule has 0 bridgehead atoms. The molecule has 9 heteroatoms. The number of hydrazone groups is 1. The van der Waals surface area contributed by atoms with E-state index in [4.69, 9.17) is 4.74 Å².